The van der Waals surface area contributed by atoms with Crippen molar-refractivity contribution in [1.29, 1.82) is 0 Å². The van der Waals surface area contributed by atoms with E-state index in [0.717, 1.165) is 21.7 Å². The summed E-state index contributed by atoms with van der Waals surface area (Å²) in [4.78, 5) is 4.70. The van der Waals surface area contributed by atoms with Crippen molar-refractivity contribution in [3.05, 3.63) is 88.4 Å². The Labute approximate surface area is 173 Å². The van der Waals surface area contributed by atoms with Gasteiger partial charge in [0.25, 0.3) is 0 Å². The zero-order valence-corrected chi connectivity index (χ0v) is 17.5. The van der Waals surface area contributed by atoms with E-state index >= 15 is 0 Å². The summed E-state index contributed by atoms with van der Waals surface area (Å²) in [5, 5.41) is 1.55. The lowest BCUT2D eigenvalue weighted by Gasteiger charge is -2.19. The van der Waals surface area contributed by atoms with Crippen molar-refractivity contribution in [3.8, 4) is 0 Å². The minimum Gasteiger partial charge on any atom is -0.365 e. The van der Waals surface area contributed by atoms with Crippen LogP contribution in [-0.4, -0.2) is 12.9 Å². The second-order valence-electron chi connectivity index (χ2n) is 5.83. The Morgan fingerprint density at radius 1 is 0.692 bits per heavy atom. The van der Waals surface area contributed by atoms with Crippen molar-refractivity contribution in [2.24, 2.45) is 0 Å². The quantitative estimate of drug-likeness (QED) is 0.288. The van der Waals surface area contributed by atoms with Crippen LogP contribution in [0.2, 0.25) is 10.0 Å². The second-order valence-corrected chi connectivity index (χ2v) is 8.77. The fourth-order valence-corrected chi connectivity index (χ4v) is 4.25. The Hall–Kier alpha value is -1.26. The van der Waals surface area contributed by atoms with Gasteiger partial charge in [-0.2, -0.15) is 0 Å². The van der Waals surface area contributed by atoms with Crippen LogP contribution in [0.3, 0.4) is 0 Å². The minimum atomic E-state index is 0.773. The number of thioether (sulfide) groups is 2. The first-order valence-corrected chi connectivity index (χ1v) is 10.9. The number of nitrogens with zero attached hydrogens (tertiary/aromatic N) is 1. The molecule has 0 fully saturated rings. The summed E-state index contributed by atoms with van der Waals surface area (Å²) in [5.41, 5.74) is 2.53. The van der Waals surface area contributed by atoms with Crippen LogP contribution in [0.4, 0.5) is 5.69 Å². The van der Waals surface area contributed by atoms with E-state index in [0.29, 0.717) is 0 Å². The third kappa shape index (κ3) is 5.88. The fourth-order valence-electron chi connectivity index (χ4n) is 2.32. The SMILES string of the molecule is CN(CSc1ccc(Cl)cc1)c1ccc(CSc2ccc(Cl)cc2)cc1. The topological polar surface area (TPSA) is 3.24 Å². The van der Waals surface area contributed by atoms with Gasteiger partial charge < -0.3 is 4.90 Å². The average Bonchev–Trinajstić information content (AvgIpc) is 2.67. The van der Waals surface area contributed by atoms with Gasteiger partial charge in [0.1, 0.15) is 0 Å². The molecule has 3 rings (SSSR count). The van der Waals surface area contributed by atoms with Crippen LogP contribution >= 0.6 is 46.7 Å². The molecule has 3 aromatic carbocycles. The van der Waals surface area contributed by atoms with Gasteiger partial charge in [0, 0.05) is 38.3 Å². The molecule has 0 aliphatic rings. The number of halogens is 2. The molecule has 0 saturated heterocycles. The Morgan fingerprint density at radius 3 is 1.73 bits per heavy atom. The molecule has 0 radical (unpaired) electrons. The van der Waals surface area contributed by atoms with Gasteiger partial charge in [-0.05, 0) is 66.2 Å². The number of anilines is 1. The molecule has 0 N–H and O–H groups in total. The molecule has 134 valence electrons. The summed E-state index contributed by atoms with van der Waals surface area (Å²) >= 11 is 15.5. The van der Waals surface area contributed by atoms with Crippen LogP contribution in [0.5, 0.6) is 0 Å². The highest BCUT2D eigenvalue weighted by molar-refractivity contribution is 7.99. The predicted octanol–water partition coefficient (Wildman–Crippen LogP) is 7.47. The minimum absolute atomic E-state index is 0.773. The van der Waals surface area contributed by atoms with Crippen molar-refractivity contribution in [2.75, 3.05) is 17.8 Å². The Balaban J connectivity index is 1.51. The highest BCUT2D eigenvalue weighted by atomic mass is 35.5. The van der Waals surface area contributed by atoms with Gasteiger partial charge in [-0.3, -0.25) is 0 Å². The molecule has 0 aliphatic heterocycles. The van der Waals surface area contributed by atoms with Crippen molar-refractivity contribution in [2.45, 2.75) is 15.5 Å². The molecule has 0 heterocycles. The van der Waals surface area contributed by atoms with E-state index < -0.39 is 0 Å². The monoisotopic (exact) mass is 419 g/mol. The van der Waals surface area contributed by atoms with Gasteiger partial charge in [-0.25, -0.2) is 0 Å². The van der Waals surface area contributed by atoms with E-state index in [1.807, 2.05) is 36.0 Å². The highest BCUT2D eigenvalue weighted by Crippen LogP contribution is 2.27. The largest absolute Gasteiger partial charge is 0.365 e. The lowest BCUT2D eigenvalue weighted by molar-refractivity contribution is 1.09. The normalized spacial score (nSPS) is 10.7. The maximum Gasteiger partial charge on any atom is 0.0682 e. The summed E-state index contributed by atoms with van der Waals surface area (Å²) in [6, 6.07) is 24.7. The molecule has 0 unspecified atom stereocenters. The summed E-state index contributed by atoms with van der Waals surface area (Å²) < 4.78 is 0. The zero-order valence-electron chi connectivity index (χ0n) is 14.4. The summed E-state index contributed by atoms with van der Waals surface area (Å²) in [6.45, 7) is 0. The fraction of sp³-hybridized carbons (Fsp3) is 0.143. The van der Waals surface area contributed by atoms with Crippen molar-refractivity contribution < 1.29 is 0 Å². The molecule has 0 amide bonds. The first-order valence-electron chi connectivity index (χ1n) is 8.17. The molecule has 0 spiro atoms. The molecule has 0 aromatic heterocycles. The molecule has 0 bridgehead atoms. The molecule has 0 saturated carbocycles. The van der Waals surface area contributed by atoms with E-state index in [2.05, 4.69) is 60.5 Å². The van der Waals surface area contributed by atoms with Crippen LogP contribution in [0.25, 0.3) is 0 Å². The zero-order chi connectivity index (χ0) is 18.4. The van der Waals surface area contributed by atoms with E-state index in [1.54, 1.807) is 11.8 Å². The highest BCUT2D eigenvalue weighted by Gasteiger charge is 2.03. The maximum atomic E-state index is 5.93. The van der Waals surface area contributed by atoms with Crippen molar-refractivity contribution in [1.82, 2.24) is 0 Å². The molecule has 26 heavy (non-hydrogen) atoms. The molecule has 0 atom stereocenters. The van der Waals surface area contributed by atoms with Crippen LogP contribution < -0.4 is 4.90 Å². The van der Waals surface area contributed by atoms with Crippen LogP contribution in [-0.2, 0) is 5.75 Å². The molecule has 3 aromatic rings. The third-order valence-electron chi connectivity index (χ3n) is 3.83. The molecule has 0 aliphatic carbocycles. The Bertz CT molecular complexity index is 818. The predicted molar refractivity (Wildman–Crippen MR) is 118 cm³/mol. The van der Waals surface area contributed by atoms with Crippen molar-refractivity contribution >= 4 is 52.4 Å². The Kier molecular flexibility index (Phi) is 7.21. The summed E-state index contributed by atoms with van der Waals surface area (Å²) in [6.07, 6.45) is 0. The molecular weight excluding hydrogens is 401 g/mol. The van der Waals surface area contributed by atoms with Crippen molar-refractivity contribution in [3.63, 3.8) is 0 Å². The molecule has 1 nitrogen and oxygen atoms in total. The number of rotatable bonds is 7. The lowest BCUT2D eigenvalue weighted by atomic mass is 10.2. The summed E-state index contributed by atoms with van der Waals surface area (Å²) in [7, 11) is 2.11. The van der Waals surface area contributed by atoms with Gasteiger partial charge in [-0.1, -0.05) is 35.3 Å². The number of hydrogen-bond donors (Lipinski definition) is 0. The van der Waals surface area contributed by atoms with Crippen LogP contribution in [0, 0.1) is 0 Å². The maximum absolute atomic E-state index is 5.93. The van der Waals surface area contributed by atoms with Gasteiger partial charge in [-0.15, -0.1) is 23.5 Å². The van der Waals surface area contributed by atoms with E-state index in [4.69, 9.17) is 23.2 Å². The first-order chi connectivity index (χ1) is 12.6. The third-order valence-corrected chi connectivity index (χ3v) is 6.54. The van der Waals surface area contributed by atoms with Gasteiger partial charge in [0.15, 0.2) is 0 Å². The van der Waals surface area contributed by atoms with E-state index in [9.17, 15) is 0 Å². The van der Waals surface area contributed by atoms with E-state index in [-0.39, 0.29) is 0 Å². The van der Waals surface area contributed by atoms with Gasteiger partial charge in [0.2, 0.25) is 0 Å². The van der Waals surface area contributed by atoms with E-state index in [1.165, 1.54) is 21.0 Å². The second kappa shape index (κ2) is 9.61. The van der Waals surface area contributed by atoms with Crippen LogP contribution in [0.15, 0.2) is 82.6 Å². The number of hydrogen-bond acceptors (Lipinski definition) is 3. The lowest BCUT2D eigenvalue weighted by Crippen LogP contribution is -2.15. The Morgan fingerprint density at radius 2 is 1.19 bits per heavy atom. The average molecular weight is 420 g/mol. The number of benzene rings is 3. The summed E-state index contributed by atoms with van der Waals surface area (Å²) in [5.74, 6) is 1.84. The van der Waals surface area contributed by atoms with Crippen LogP contribution in [0.1, 0.15) is 5.56 Å². The molecule has 5 heteroatoms. The molecular formula is C21H19Cl2NS2. The first kappa shape index (κ1) is 19.5. The van der Waals surface area contributed by atoms with Gasteiger partial charge >= 0.3 is 0 Å². The van der Waals surface area contributed by atoms with Gasteiger partial charge in [0.05, 0.1) is 5.88 Å². The smallest absolute Gasteiger partial charge is 0.0682 e. The standard InChI is InChI=1S/C21H19Cl2NS2/c1-24(15-26-21-12-6-18(23)7-13-21)19-8-2-16(3-9-19)14-25-20-10-4-17(22)5-11-20/h2-13H,14-15H2,1H3.